The standard InChI is InChI=1S/C26H28ClN3O5S2/c27-21-10-14-25(15-11-21)37(34,35)30(23-8-4-3-5-9-23)20-26(31)28-22-12-16-24(17-13-22)36(32,33)29-18-6-1-2-7-19-29/h3-5,8-17H,1-2,6-7,18-20H2,(H,28,31). The Morgan fingerprint density at radius 3 is 1.95 bits per heavy atom. The van der Waals surface area contributed by atoms with Gasteiger partial charge in [0.05, 0.1) is 15.5 Å². The van der Waals surface area contributed by atoms with E-state index in [1.807, 2.05) is 0 Å². The molecule has 0 radical (unpaired) electrons. The third kappa shape index (κ3) is 6.51. The van der Waals surface area contributed by atoms with Crippen molar-refractivity contribution in [3.63, 3.8) is 0 Å². The number of anilines is 2. The number of carbonyl (C=O) groups is 1. The van der Waals surface area contributed by atoms with Crippen LogP contribution in [-0.2, 0) is 24.8 Å². The maximum atomic E-state index is 13.4. The molecule has 3 aromatic carbocycles. The van der Waals surface area contributed by atoms with Crippen LogP contribution in [0.15, 0.2) is 88.7 Å². The molecule has 0 unspecified atom stereocenters. The van der Waals surface area contributed by atoms with E-state index < -0.39 is 32.5 Å². The van der Waals surface area contributed by atoms with Crippen LogP contribution in [0.5, 0.6) is 0 Å². The lowest BCUT2D eigenvalue weighted by Crippen LogP contribution is -2.38. The molecule has 1 aliphatic heterocycles. The summed E-state index contributed by atoms with van der Waals surface area (Å²) in [4.78, 5) is 13.1. The number of nitrogens with zero attached hydrogens (tertiary/aromatic N) is 2. The monoisotopic (exact) mass is 561 g/mol. The molecule has 0 aromatic heterocycles. The minimum atomic E-state index is -4.07. The fourth-order valence-electron chi connectivity index (χ4n) is 4.12. The molecule has 1 N–H and O–H groups in total. The molecule has 4 rings (SSSR count). The predicted molar refractivity (Wildman–Crippen MR) is 145 cm³/mol. The first kappa shape index (κ1) is 27.1. The van der Waals surface area contributed by atoms with Crippen molar-refractivity contribution >= 4 is 48.9 Å². The van der Waals surface area contributed by atoms with Crippen LogP contribution in [0, 0.1) is 0 Å². The molecule has 0 atom stereocenters. The van der Waals surface area contributed by atoms with E-state index in [1.165, 1.54) is 52.8 Å². The Morgan fingerprint density at radius 1 is 0.784 bits per heavy atom. The van der Waals surface area contributed by atoms with E-state index in [0.717, 1.165) is 30.0 Å². The van der Waals surface area contributed by atoms with E-state index in [0.29, 0.717) is 29.5 Å². The third-order valence-electron chi connectivity index (χ3n) is 6.07. The van der Waals surface area contributed by atoms with Crippen LogP contribution in [0.1, 0.15) is 25.7 Å². The van der Waals surface area contributed by atoms with E-state index in [4.69, 9.17) is 11.6 Å². The molecule has 8 nitrogen and oxygen atoms in total. The molecule has 11 heteroatoms. The van der Waals surface area contributed by atoms with Gasteiger partial charge in [0.15, 0.2) is 0 Å². The van der Waals surface area contributed by atoms with Crippen molar-refractivity contribution in [2.24, 2.45) is 0 Å². The van der Waals surface area contributed by atoms with Crippen LogP contribution in [0.3, 0.4) is 0 Å². The van der Waals surface area contributed by atoms with E-state index >= 15 is 0 Å². The van der Waals surface area contributed by atoms with Gasteiger partial charge >= 0.3 is 0 Å². The van der Waals surface area contributed by atoms with Crippen molar-refractivity contribution in [2.75, 3.05) is 29.3 Å². The highest BCUT2D eigenvalue weighted by Gasteiger charge is 2.28. The fourth-order valence-corrected chi connectivity index (χ4v) is 7.18. The smallest absolute Gasteiger partial charge is 0.264 e. The molecule has 1 saturated heterocycles. The SMILES string of the molecule is O=C(CN(c1ccccc1)S(=O)(=O)c1ccc(Cl)cc1)Nc1ccc(S(=O)(=O)N2CCCCCC2)cc1. The summed E-state index contributed by atoms with van der Waals surface area (Å²) in [5.74, 6) is -0.579. The lowest BCUT2D eigenvalue weighted by atomic mass is 10.2. The van der Waals surface area contributed by atoms with Crippen molar-refractivity contribution in [3.05, 3.63) is 83.9 Å². The highest BCUT2D eigenvalue weighted by atomic mass is 35.5. The van der Waals surface area contributed by atoms with Gasteiger partial charge in [0.25, 0.3) is 10.0 Å². The Labute approximate surface area is 223 Å². The number of halogens is 1. The van der Waals surface area contributed by atoms with Gasteiger partial charge < -0.3 is 5.32 Å². The summed E-state index contributed by atoms with van der Waals surface area (Å²) in [5, 5.41) is 3.06. The molecule has 1 fully saturated rings. The number of nitrogens with one attached hydrogen (secondary N) is 1. The van der Waals surface area contributed by atoms with Gasteiger partial charge in [0, 0.05) is 23.8 Å². The van der Waals surface area contributed by atoms with Crippen molar-refractivity contribution in [3.8, 4) is 0 Å². The van der Waals surface area contributed by atoms with Crippen molar-refractivity contribution in [2.45, 2.75) is 35.5 Å². The molecule has 1 aliphatic rings. The minimum Gasteiger partial charge on any atom is -0.325 e. The second-order valence-electron chi connectivity index (χ2n) is 8.69. The molecular weight excluding hydrogens is 534 g/mol. The number of carbonyl (C=O) groups excluding carboxylic acids is 1. The van der Waals surface area contributed by atoms with E-state index in [9.17, 15) is 21.6 Å². The Bertz CT molecular complexity index is 1420. The van der Waals surface area contributed by atoms with E-state index in [2.05, 4.69) is 5.32 Å². The van der Waals surface area contributed by atoms with Gasteiger partial charge in [-0.15, -0.1) is 0 Å². The molecule has 0 saturated carbocycles. The van der Waals surface area contributed by atoms with Crippen molar-refractivity contribution in [1.82, 2.24) is 4.31 Å². The lowest BCUT2D eigenvalue weighted by Gasteiger charge is -2.24. The summed E-state index contributed by atoms with van der Waals surface area (Å²) in [6.07, 6.45) is 3.71. The topological polar surface area (TPSA) is 104 Å². The molecule has 1 heterocycles. The molecule has 37 heavy (non-hydrogen) atoms. The molecule has 0 bridgehead atoms. The van der Waals surface area contributed by atoms with Crippen LogP contribution >= 0.6 is 11.6 Å². The van der Waals surface area contributed by atoms with Crippen LogP contribution in [0.25, 0.3) is 0 Å². The zero-order valence-electron chi connectivity index (χ0n) is 20.1. The maximum Gasteiger partial charge on any atom is 0.264 e. The lowest BCUT2D eigenvalue weighted by molar-refractivity contribution is -0.114. The molecular formula is C26H28ClN3O5S2. The highest BCUT2D eigenvalue weighted by Crippen LogP contribution is 2.25. The van der Waals surface area contributed by atoms with Gasteiger partial charge in [-0.25, -0.2) is 16.8 Å². The van der Waals surface area contributed by atoms with Gasteiger partial charge in [0.2, 0.25) is 15.9 Å². The van der Waals surface area contributed by atoms with Gasteiger partial charge in [-0.2, -0.15) is 4.31 Å². The molecule has 0 aliphatic carbocycles. The van der Waals surface area contributed by atoms with E-state index in [-0.39, 0.29) is 9.79 Å². The zero-order valence-corrected chi connectivity index (χ0v) is 22.5. The van der Waals surface area contributed by atoms with Crippen LogP contribution < -0.4 is 9.62 Å². The minimum absolute atomic E-state index is 0.00312. The number of benzene rings is 3. The zero-order chi connectivity index (χ0) is 26.5. The van der Waals surface area contributed by atoms with Crippen molar-refractivity contribution in [1.29, 1.82) is 0 Å². The summed E-state index contributed by atoms with van der Waals surface area (Å²) in [6.45, 7) is 0.513. The number of para-hydroxylation sites is 1. The van der Waals surface area contributed by atoms with Gasteiger partial charge in [0.1, 0.15) is 6.54 Å². The first-order valence-corrected chi connectivity index (χ1v) is 15.2. The first-order valence-electron chi connectivity index (χ1n) is 11.9. The second-order valence-corrected chi connectivity index (χ2v) is 12.9. The predicted octanol–water partition coefficient (Wildman–Crippen LogP) is 4.74. The average Bonchev–Trinajstić information content (AvgIpc) is 3.19. The second kappa shape index (κ2) is 11.6. The summed E-state index contributed by atoms with van der Waals surface area (Å²) >= 11 is 5.91. The average molecular weight is 562 g/mol. The van der Waals surface area contributed by atoms with Gasteiger partial charge in [-0.05, 0) is 73.5 Å². The summed E-state index contributed by atoms with van der Waals surface area (Å²) in [6, 6.07) is 19.9. The Hall–Kier alpha value is -2.92. The number of hydrogen-bond acceptors (Lipinski definition) is 5. The summed E-state index contributed by atoms with van der Waals surface area (Å²) in [5.41, 5.74) is 0.684. The molecule has 196 valence electrons. The van der Waals surface area contributed by atoms with Crippen LogP contribution in [-0.4, -0.2) is 46.7 Å². The van der Waals surface area contributed by atoms with Crippen molar-refractivity contribution < 1.29 is 21.6 Å². The van der Waals surface area contributed by atoms with Crippen LogP contribution in [0.2, 0.25) is 5.02 Å². The van der Waals surface area contributed by atoms with Crippen LogP contribution in [0.4, 0.5) is 11.4 Å². The number of hydrogen-bond donors (Lipinski definition) is 1. The Morgan fingerprint density at radius 2 is 1.35 bits per heavy atom. The summed E-state index contributed by atoms with van der Waals surface area (Å²) in [7, 11) is -7.69. The van der Waals surface area contributed by atoms with Gasteiger partial charge in [-0.1, -0.05) is 42.6 Å². The van der Waals surface area contributed by atoms with Gasteiger partial charge in [-0.3, -0.25) is 9.10 Å². The first-order chi connectivity index (χ1) is 17.7. The molecule has 0 spiro atoms. The largest absolute Gasteiger partial charge is 0.325 e. The maximum absolute atomic E-state index is 13.4. The number of sulfonamides is 2. The highest BCUT2D eigenvalue weighted by molar-refractivity contribution is 7.92. The summed E-state index contributed by atoms with van der Waals surface area (Å²) < 4.78 is 55.3. The third-order valence-corrected chi connectivity index (χ3v) is 10.0. The fraction of sp³-hybridized carbons (Fsp3) is 0.269. The normalized spacial score (nSPS) is 15.1. The molecule has 3 aromatic rings. The molecule has 1 amide bonds. The Balaban J connectivity index is 1.51. The quantitative estimate of drug-likeness (QED) is 0.428. The number of rotatable bonds is 8. The van der Waals surface area contributed by atoms with E-state index in [1.54, 1.807) is 30.3 Å². The Kier molecular flexibility index (Phi) is 8.53. The number of amides is 1.